The third-order valence-corrected chi connectivity index (χ3v) is 9.20. The van der Waals surface area contributed by atoms with Gasteiger partial charge in [-0.05, 0) is 58.7 Å². The van der Waals surface area contributed by atoms with Crippen molar-refractivity contribution in [1.82, 2.24) is 19.9 Å². The molecule has 9 rings (SSSR count). The number of hydrogen-bond acceptors (Lipinski definition) is 3. The van der Waals surface area contributed by atoms with Gasteiger partial charge < -0.3 is 9.97 Å². The van der Waals surface area contributed by atoms with Gasteiger partial charge in [0.1, 0.15) is 0 Å². The molecule has 0 spiro atoms. The van der Waals surface area contributed by atoms with Gasteiger partial charge in [0.05, 0.1) is 23.2 Å². The maximum Gasteiger partial charge on any atom is 0.413 e. The van der Waals surface area contributed by atoms with Gasteiger partial charge in [-0.1, -0.05) is 121 Å². The molecular weight excluding hydrogens is 613 g/mol. The normalized spacial score (nSPS) is 12.0. The standard InChI is InChI=1S/C44H28N6/c45-50-39-27-38-42(30-17-9-3-10-18-30)36-24-23-34(47-36)40(28-13-5-1-6-14-28)32-21-22-33(46-32)41(29-15-7-2-8-16-29)35-25-26-37(48-35)43(44(39)49-38)31-19-11-4-12-20-31/h1-27,45H/p+1. The quantitative estimate of drug-likeness (QED) is 0.188. The minimum absolute atomic E-state index is 0.380. The number of benzene rings is 4. The molecule has 7 aromatic rings. The number of aromatic amines is 2. The van der Waals surface area contributed by atoms with Gasteiger partial charge in [0.2, 0.25) is 5.39 Å². The fourth-order valence-electron chi connectivity index (χ4n) is 6.97. The molecule has 4 aromatic carbocycles. The predicted molar refractivity (Wildman–Crippen MR) is 205 cm³/mol. The van der Waals surface area contributed by atoms with Gasteiger partial charge in [0, 0.05) is 44.3 Å². The summed E-state index contributed by atoms with van der Waals surface area (Å²) in [4.78, 5) is 21.9. The SMILES string of the molecule is N#[N+]C1=Cc2nc1c(-c1ccccc1)c1ccc([nH]1)c(-c1ccccc1)c1nc(c(-c3ccccc3)c3ccc([nH]3)c2-c2ccccc2)C=C1. The molecule has 2 aliphatic rings. The topological polar surface area (TPSA) is 85.5 Å². The lowest BCUT2D eigenvalue weighted by Gasteiger charge is -2.06. The lowest BCUT2D eigenvalue weighted by molar-refractivity contribution is 1.30. The summed E-state index contributed by atoms with van der Waals surface area (Å²) >= 11 is 0. The van der Waals surface area contributed by atoms with E-state index >= 15 is 0 Å². The molecule has 8 bridgehead atoms. The van der Waals surface area contributed by atoms with Crippen molar-refractivity contribution in [2.45, 2.75) is 0 Å². The van der Waals surface area contributed by atoms with Crippen LogP contribution in [0.1, 0.15) is 22.8 Å². The molecule has 6 nitrogen and oxygen atoms in total. The highest BCUT2D eigenvalue weighted by Gasteiger charge is 2.29. The number of diazo groups is 1. The Labute approximate surface area is 288 Å². The fourth-order valence-corrected chi connectivity index (χ4v) is 6.97. The maximum absolute atomic E-state index is 10.5. The number of rotatable bonds is 4. The summed E-state index contributed by atoms with van der Waals surface area (Å²) in [5.74, 6) is 0. The highest BCUT2D eigenvalue weighted by atomic mass is 14.9. The summed E-state index contributed by atoms with van der Waals surface area (Å²) < 4.78 is 0. The molecule has 5 heterocycles. The molecule has 50 heavy (non-hydrogen) atoms. The number of nitrogens with zero attached hydrogens (tertiary/aromatic N) is 4. The molecule has 2 N–H and O–H groups in total. The Morgan fingerprint density at radius 3 is 1.16 bits per heavy atom. The van der Waals surface area contributed by atoms with Crippen LogP contribution in [0.5, 0.6) is 0 Å². The Kier molecular flexibility index (Phi) is 7.07. The second kappa shape index (κ2) is 12.2. The second-order valence-electron chi connectivity index (χ2n) is 12.2. The third-order valence-electron chi connectivity index (χ3n) is 9.20. The minimum atomic E-state index is 0.380. The first-order chi connectivity index (χ1) is 24.7. The van der Waals surface area contributed by atoms with Gasteiger partial charge >= 0.3 is 5.70 Å². The van der Waals surface area contributed by atoms with Crippen molar-refractivity contribution in [3.05, 3.63) is 173 Å². The molecule has 0 radical (unpaired) electrons. The lowest BCUT2D eigenvalue weighted by Crippen LogP contribution is -1.90. The van der Waals surface area contributed by atoms with E-state index in [0.717, 1.165) is 78.0 Å². The van der Waals surface area contributed by atoms with Crippen molar-refractivity contribution in [2.75, 3.05) is 0 Å². The van der Waals surface area contributed by atoms with Gasteiger partial charge in [-0.15, -0.1) is 0 Å². The second-order valence-corrected chi connectivity index (χ2v) is 12.2. The number of hydrogen-bond donors (Lipinski definition) is 2. The monoisotopic (exact) mass is 641 g/mol. The first kappa shape index (κ1) is 29.1. The summed E-state index contributed by atoms with van der Waals surface area (Å²) in [6, 6.07) is 49.3. The van der Waals surface area contributed by atoms with E-state index in [0.29, 0.717) is 17.1 Å². The van der Waals surface area contributed by atoms with Crippen molar-refractivity contribution < 1.29 is 0 Å². The summed E-state index contributed by atoms with van der Waals surface area (Å²) in [5.41, 5.74) is 14.6. The van der Waals surface area contributed by atoms with E-state index in [1.807, 2.05) is 66.7 Å². The summed E-state index contributed by atoms with van der Waals surface area (Å²) in [6.45, 7) is 0. The summed E-state index contributed by atoms with van der Waals surface area (Å²) in [6.07, 6.45) is 6.06. The average Bonchev–Trinajstić information content (AvgIpc) is 4.00. The molecule has 6 heteroatoms. The zero-order chi connectivity index (χ0) is 33.4. The van der Waals surface area contributed by atoms with Crippen LogP contribution in [0.3, 0.4) is 0 Å². The van der Waals surface area contributed by atoms with Crippen LogP contribution >= 0.6 is 0 Å². The lowest BCUT2D eigenvalue weighted by atomic mass is 10.0. The van der Waals surface area contributed by atoms with E-state index in [9.17, 15) is 5.39 Å². The van der Waals surface area contributed by atoms with E-state index in [2.05, 4.69) is 112 Å². The molecule has 0 unspecified atom stereocenters. The van der Waals surface area contributed by atoms with Crippen LogP contribution in [0, 0.1) is 5.39 Å². The van der Waals surface area contributed by atoms with E-state index in [-0.39, 0.29) is 0 Å². The molecule has 234 valence electrons. The van der Waals surface area contributed by atoms with Gasteiger partial charge in [-0.25, -0.2) is 9.97 Å². The number of aromatic nitrogens is 4. The van der Waals surface area contributed by atoms with Crippen molar-refractivity contribution >= 4 is 46.0 Å². The van der Waals surface area contributed by atoms with Crippen molar-refractivity contribution in [1.29, 1.82) is 5.39 Å². The highest BCUT2D eigenvalue weighted by Crippen LogP contribution is 2.40. The first-order valence-electron chi connectivity index (χ1n) is 16.5. The van der Waals surface area contributed by atoms with Crippen molar-refractivity contribution in [3.8, 4) is 44.5 Å². The first-order valence-corrected chi connectivity index (χ1v) is 16.5. The van der Waals surface area contributed by atoms with Crippen molar-refractivity contribution in [2.24, 2.45) is 0 Å². The Balaban J connectivity index is 1.51. The molecule has 0 amide bonds. The van der Waals surface area contributed by atoms with E-state index < -0.39 is 0 Å². The van der Waals surface area contributed by atoms with Gasteiger partial charge in [-0.3, -0.25) is 0 Å². The van der Waals surface area contributed by atoms with Crippen LogP contribution in [0.25, 0.3) is 95.5 Å². The molecular formula is C44H29N6+. The van der Waals surface area contributed by atoms with Crippen molar-refractivity contribution in [3.63, 3.8) is 0 Å². The average molecular weight is 642 g/mol. The zero-order valence-corrected chi connectivity index (χ0v) is 26.9. The minimum Gasteiger partial charge on any atom is -0.354 e. The van der Waals surface area contributed by atoms with Crippen LogP contribution in [-0.2, 0) is 0 Å². The Hall–Kier alpha value is -7.10. The third kappa shape index (κ3) is 5.02. The predicted octanol–water partition coefficient (Wildman–Crippen LogP) is 11.5. The number of fused-ring (bicyclic) bond motifs is 8. The smallest absolute Gasteiger partial charge is 0.354 e. The molecule has 0 fully saturated rings. The van der Waals surface area contributed by atoms with Crippen LogP contribution < -0.4 is 0 Å². The zero-order valence-electron chi connectivity index (χ0n) is 26.9. The largest absolute Gasteiger partial charge is 0.413 e. The van der Waals surface area contributed by atoms with E-state index in [4.69, 9.17) is 9.97 Å². The van der Waals surface area contributed by atoms with Gasteiger partial charge in [-0.2, -0.15) is 0 Å². The maximum atomic E-state index is 10.5. The molecule has 0 aliphatic carbocycles. The molecule has 3 aromatic heterocycles. The Bertz CT molecular complexity index is 2680. The molecule has 2 aliphatic heterocycles. The summed E-state index contributed by atoms with van der Waals surface area (Å²) in [5, 5.41) is 10.5. The van der Waals surface area contributed by atoms with Crippen LogP contribution in [-0.4, -0.2) is 19.9 Å². The van der Waals surface area contributed by atoms with Crippen LogP contribution in [0.4, 0.5) is 0 Å². The van der Waals surface area contributed by atoms with E-state index in [1.165, 1.54) is 0 Å². The fraction of sp³-hybridized carbons (Fsp3) is 0. The van der Waals surface area contributed by atoms with E-state index in [1.54, 1.807) is 0 Å². The van der Waals surface area contributed by atoms with Crippen LogP contribution in [0.2, 0.25) is 0 Å². The summed E-state index contributed by atoms with van der Waals surface area (Å²) in [7, 11) is 0. The number of nitrogens with one attached hydrogen (secondary N) is 2. The number of H-pyrrole nitrogens is 2. The molecule has 0 saturated carbocycles. The molecule has 0 saturated heterocycles. The Morgan fingerprint density at radius 1 is 0.400 bits per heavy atom. The molecule has 0 atom stereocenters. The van der Waals surface area contributed by atoms with Gasteiger partial charge in [0.25, 0.3) is 0 Å². The Morgan fingerprint density at radius 2 is 0.760 bits per heavy atom. The highest BCUT2D eigenvalue weighted by molar-refractivity contribution is 6.03. The van der Waals surface area contributed by atoms with Gasteiger partial charge in [0.15, 0.2) is 10.7 Å². The van der Waals surface area contributed by atoms with Crippen LogP contribution in [0.15, 0.2) is 146 Å².